The fourth-order valence-electron chi connectivity index (χ4n) is 3.75. The first-order valence-corrected chi connectivity index (χ1v) is 7.82. The van der Waals surface area contributed by atoms with Gasteiger partial charge in [-0.1, -0.05) is 6.92 Å². The molecule has 4 heteroatoms. The van der Waals surface area contributed by atoms with E-state index >= 15 is 0 Å². The van der Waals surface area contributed by atoms with Crippen LogP contribution in [0.5, 0.6) is 0 Å². The molecule has 0 bridgehead atoms. The fraction of sp³-hybridized carbons (Fsp3) is 0.933. The van der Waals surface area contributed by atoms with Crippen molar-refractivity contribution in [2.75, 3.05) is 26.2 Å². The van der Waals surface area contributed by atoms with Crippen molar-refractivity contribution in [3.05, 3.63) is 0 Å². The Morgan fingerprint density at radius 3 is 2.42 bits per heavy atom. The summed E-state index contributed by atoms with van der Waals surface area (Å²) in [5, 5.41) is 9.12. The summed E-state index contributed by atoms with van der Waals surface area (Å²) in [6.45, 7) is 9.06. The minimum atomic E-state index is -0.607. The summed E-state index contributed by atoms with van der Waals surface area (Å²) >= 11 is 0. The third-order valence-electron chi connectivity index (χ3n) is 4.84. The standard InChI is InChI=1S/C15H28N2O2/c1-3-7-16-8-5-14(6-9-16)17-10-4-13(15(18)19)11-12(17)2/h12-14H,3-11H2,1-2H3,(H,18,19). The minimum absolute atomic E-state index is 0.119. The van der Waals surface area contributed by atoms with Gasteiger partial charge in [0.2, 0.25) is 0 Å². The molecular weight excluding hydrogens is 240 g/mol. The second kappa shape index (κ2) is 6.71. The molecule has 2 heterocycles. The van der Waals surface area contributed by atoms with E-state index < -0.39 is 5.97 Å². The van der Waals surface area contributed by atoms with Gasteiger partial charge in [-0.3, -0.25) is 9.69 Å². The van der Waals surface area contributed by atoms with E-state index in [9.17, 15) is 4.79 Å². The maximum absolute atomic E-state index is 11.1. The van der Waals surface area contributed by atoms with Crippen molar-refractivity contribution in [2.45, 2.75) is 58.0 Å². The Morgan fingerprint density at radius 2 is 1.89 bits per heavy atom. The van der Waals surface area contributed by atoms with Crippen LogP contribution in [-0.2, 0) is 4.79 Å². The topological polar surface area (TPSA) is 43.8 Å². The van der Waals surface area contributed by atoms with Crippen LogP contribution >= 0.6 is 0 Å². The molecule has 0 aromatic heterocycles. The molecular formula is C15H28N2O2. The minimum Gasteiger partial charge on any atom is -0.481 e. The molecule has 0 aromatic rings. The maximum Gasteiger partial charge on any atom is 0.306 e. The SMILES string of the molecule is CCCN1CCC(N2CCC(C(=O)O)CC2C)CC1. The Labute approximate surface area is 116 Å². The summed E-state index contributed by atoms with van der Waals surface area (Å²) in [5.41, 5.74) is 0. The second-order valence-corrected chi connectivity index (χ2v) is 6.22. The molecule has 4 nitrogen and oxygen atoms in total. The van der Waals surface area contributed by atoms with E-state index in [4.69, 9.17) is 5.11 Å². The largest absolute Gasteiger partial charge is 0.481 e. The lowest BCUT2D eigenvalue weighted by molar-refractivity contribution is -0.144. The molecule has 2 aliphatic rings. The van der Waals surface area contributed by atoms with Gasteiger partial charge in [-0.05, 0) is 65.2 Å². The van der Waals surface area contributed by atoms with Crippen LogP contribution in [0.4, 0.5) is 0 Å². The highest BCUT2D eigenvalue weighted by Gasteiger charge is 2.34. The Kier molecular flexibility index (Phi) is 5.22. The smallest absolute Gasteiger partial charge is 0.306 e. The zero-order chi connectivity index (χ0) is 13.8. The molecule has 0 radical (unpaired) electrons. The molecule has 2 aliphatic heterocycles. The normalized spacial score (nSPS) is 31.5. The summed E-state index contributed by atoms with van der Waals surface area (Å²) in [4.78, 5) is 16.2. The van der Waals surface area contributed by atoms with Crippen molar-refractivity contribution in [3.63, 3.8) is 0 Å². The van der Waals surface area contributed by atoms with Crippen molar-refractivity contribution >= 4 is 5.97 Å². The number of hydrogen-bond acceptors (Lipinski definition) is 3. The van der Waals surface area contributed by atoms with Gasteiger partial charge in [0, 0.05) is 12.1 Å². The van der Waals surface area contributed by atoms with Crippen LogP contribution in [-0.4, -0.2) is 59.1 Å². The molecule has 19 heavy (non-hydrogen) atoms. The summed E-state index contributed by atoms with van der Waals surface area (Å²) in [6.07, 6.45) is 5.40. The molecule has 2 saturated heterocycles. The Balaban J connectivity index is 1.82. The monoisotopic (exact) mass is 268 g/mol. The quantitative estimate of drug-likeness (QED) is 0.847. The van der Waals surface area contributed by atoms with Gasteiger partial charge in [0.25, 0.3) is 0 Å². The molecule has 110 valence electrons. The number of carboxylic acids is 1. The summed E-state index contributed by atoms with van der Waals surface area (Å²) < 4.78 is 0. The van der Waals surface area contributed by atoms with Gasteiger partial charge in [0.1, 0.15) is 0 Å². The number of piperidine rings is 2. The van der Waals surface area contributed by atoms with Crippen LogP contribution in [0.15, 0.2) is 0 Å². The molecule has 2 rings (SSSR count). The van der Waals surface area contributed by atoms with Gasteiger partial charge in [0.15, 0.2) is 0 Å². The van der Waals surface area contributed by atoms with E-state index in [0.717, 1.165) is 19.4 Å². The number of nitrogens with zero attached hydrogens (tertiary/aromatic N) is 2. The molecule has 0 aromatic carbocycles. The van der Waals surface area contributed by atoms with Crippen molar-refractivity contribution in [1.29, 1.82) is 0 Å². The molecule has 1 N–H and O–H groups in total. The molecule has 2 unspecified atom stereocenters. The van der Waals surface area contributed by atoms with E-state index in [0.29, 0.717) is 12.1 Å². The lowest BCUT2D eigenvalue weighted by Gasteiger charge is -2.44. The molecule has 0 spiro atoms. The van der Waals surface area contributed by atoms with Crippen LogP contribution in [0, 0.1) is 5.92 Å². The fourth-order valence-corrected chi connectivity index (χ4v) is 3.75. The summed E-state index contributed by atoms with van der Waals surface area (Å²) in [6, 6.07) is 1.11. The van der Waals surface area contributed by atoms with E-state index in [1.807, 2.05) is 0 Å². The molecule has 0 amide bonds. The summed E-state index contributed by atoms with van der Waals surface area (Å²) in [5.74, 6) is -0.726. The number of likely N-dealkylation sites (tertiary alicyclic amines) is 2. The maximum atomic E-state index is 11.1. The second-order valence-electron chi connectivity index (χ2n) is 6.22. The number of carbonyl (C=O) groups is 1. The third-order valence-corrected chi connectivity index (χ3v) is 4.84. The average molecular weight is 268 g/mol. The van der Waals surface area contributed by atoms with Crippen LogP contribution in [0.2, 0.25) is 0 Å². The van der Waals surface area contributed by atoms with Crippen LogP contribution in [0.25, 0.3) is 0 Å². The van der Waals surface area contributed by atoms with Gasteiger partial charge in [-0.15, -0.1) is 0 Å². The number of hydrogen-bond donors (Lipinski definition) is 1. The lowest BCUT2D eigenvalue weighted by Crippen LogP contribution is -2.52. The van der Waals surface area contributed by atoms with Crippen molar-refractivity contribution in [1.82, 2.24) is 9.80 Å². The average Bonchev–Trinajstić information content (AvgIpc) is 2.40. The van der Waals surface area contributed by atoms with E-state index in [2.05, 4.69) is 23.6 Å². The zero-order valence-electron chi connectivity index (χ0n) is 12.3. The highest BCUT2D eigenvalue weighted by atomic mass is 16.4. The van der Waals surface area contributed by atoms with Gasteiger partial charge < -0.3 is 10.0 Å². The molecule has 2 atom stereocenters. The number of rotatable bonds is 4. The molecule has 2 fully saturated rings. The predicted octanol–water partition coefficient (Wildman–Crippen LogP) is 2.05. The number of aliphatic carboxylic acids is 1. The van der Waals surface area contributed by atoms with Crippen molar-refractivity contribution in [2.24, 2.45) is 5.92 Å². The first-order chi connectivity index (χ1) is 9.11. The third kappa shape index (κ3) is 3.69. The van der Waals surface area contributed by atoms with Crippen LogP contribution < -0.4 is 0 Å². The number of carboxylic acid groups (broad SMARTS) is 1. The van der Waals surface area contributed by atoms with Gasteiger partial charge >= 0.3 is 5.97 Å². The first-order valence-electron chi connectivity index (χ1n) is 7.82. The zero-order valence-corrected chi connectivity index (χ0v) is 12.3. The highest BCUT2D eigenvalue weighted by molar-refractivity contribution is 5.70. The Hall–Kier alpha value is -0.610. The molecule has 0 aliphatic carbocycles. The highest BCUT2D eigenvalue weighted by Crippen LogP contribution is 2.28. The van der Waals surface area contributed by atoms with Crippen molar-refractivity contribution < 1.29 is 9.90 Å². The van der Waals surface area contributed by atoms with E-state index in [-0.39, 0.29) is 5.92 Å². The lowest BCUT2D eigenvalue weighted by atomic mass is 9.89. The van der Waals surface area contributed by atoms with Crippen LogP contribution in [0.3, 0.4) is 0 Å². The van der Waals surface area contributed by atoms with Gasteiger partial charge in [-0.2, -0.15) is 0 Å². The van der Waals surface area contributed by atoms with Gasteiger partial charge in [0.05, 0.1) is 5.92 Å². The van der Waals surface area contributed by atoms with E-state index in [1.54, 1.807) is 0 Å². The summed E-state index contributed by atoms with van der Waals surface area (Å²) in [7, 11) is 0. The Bertz CT molecular complexity index is 301. The van der Waals surface area contributed by atoms with Crippen molar-refractivity contribution in [3.8, 4) is 0 Å². The van der Waals surface area contributed by atoms with E-state index in [1.165, 1.54) is 38.9 Å². The molecule has 0 saturated carbocycles. The van der Waals surface area contributed by atoms with Gasteiger partial charge in [-0.25, -0.2) is 0 Å². The predicted molar refractivity (Wildman–Crippen MR) is 76.3 cm³/mol. The van der Waals surface area contributed by atoms with Crippen LogP contribution in [0.1, 0.15) is 46.0 Å². The first kappa shape index (κ1) is 14.8. The Morgan fingerprint density at radius 1 is 1.21 bits per heavy atom.